The Morgan fingerprint density at radius 1 is 1.25 bits per heavy atom. The number of anilines is 2. The van der Waals surface area contributed by atoms with Gasteiger partial charge in [0.15, 0.2) is 0 Å². The Morgan fingerprint density at radius 2 is 2.10 bits per heavy atom. The lowest BCUT2D eigenvalue weighted by molar-refractivity contribution is 0.102. The number of hydrogen-bond acceptors (Lipinski definition) is 2. The van der Waals surface area contributed by atoms with Gasteiger partial charge in [-0.2, -0.15) is 0 Å². The van der Waals surface area contributed by atoms with Crippen molar-refractivity contribution in [2.45, 2.75) is 6.42 Å². The fourth-order valence-corrected chi connectivity index (χ4v) is 3.01. The van der Waals surface area contributed by atoms with Crippen molar-refractivity contribution < 1.29 is 4.79 Å². The quantitative estimate of drug-likeness (QED) is 0.846. The number of fused-ring (bicyclic) bond motifs is 1. The van der Waals surface area contributed by atoms with Crippen molar-refractivity contribution in [3.63, 3.8) is 0 Å². The van der Waals surface area contributed by atoms with Crippen molar-refractivity contribution in [1.29, 1.82) is 0 Å². The smallest absolute Gasteiger partial charge is 0.257 e. The molecule has 3 nitrogen and oxygen atoms in total. The zero-order chi connectivity index (χ0) is 14.1. The standard InChI is InChI=1S/C15H12BrClN2O/c16-10-1-3-12(13(17)8-10)15(20)19-11-2-4-14-9(7-11)5-6-18-14/h1-4,7-8,18H,5-6H2,(H,19,20). The molecule has 2 aromatic rings. The van der Waals surface area contributed by atoms with E-state index in [9.17, 15) is 4.79 Å². The summed E-state index contributed by atoms with van der Waals surface area (Å²) in [4.78, 5) is 12.2. The van der Waals surface area contributed by atoms with Gasteiger partial charge in [0, 0.05) is 22.4 Å². The van der Waals surface area contributed by atoms with Crippen molar-refractivity contribution in [3.8, 4) is 0 Å². The van der Waals surface area contributed by atoms with Crippen LogP contribution in [0.15, 0.2) is 40.9 Å². The highest BCUT2D eigenvalue weighted by Crippen LogP contribution is 2.26. The fourth-order valence-electron chi connectivity index (χ4n) is 2.25. The van der Waals surface area contributed by atoms with Crippen LogP contribution in [0.4, 0.5) is 11.4 Å². The topological polar surface area (TPSA) is 41.1 Å². The van der Waals surface area contributed by atoms with Crippen molar-refractivity contribution in [2.75, 3.05) is 17.2 Å². The highest BCUT2D eigenvalue weighted by molar-refractivity contribution is 9.10. The molecule has 5 heteroatoms. The minimum Gasteiger partial charge on any atom is -0.384 e. The van der Waals surface area contributed by atoms with Crippen LogP contribution in [0, 0.1) is 0 Å². The highest BCUT2D eigenvalue weighted by atomic mass is 79.9. The Balaban J connectivity index is 1.82. The molecular weight excluding hydrogens is 340 g/mol. The van der Waals surface area contributed by atoms with Crippen LogP contribution in [-0.4, -0.2) is 12.5 Å². The molecule has 0 saturated carbocycles. The first-order valence-electron chi connectivity index (χ1n) is 6.27. The SMILES string of the molecule is O=C(Nc1ccc2c(c1)CCN2)c1ccc(Br)cc1Cl. The van der Waals surface area contributed by atoms with Crippen molar-refractivity contribution >= 4 is 44.8 Å². The molecule has 1 aliphatic heterocycles. The van der Waals surface area contributed by atoms with Gasteiger partial charge in [-0.1, -0.05) is 27.5 Å². The predicted octanol–water partition coefficient (Wildman–Crippen LogP) is 4.32. The third kappa shape index (κ3) is 2.67. The number of carbonyl (C=O) groups is 1. The maximum Gasteiger partial charge on any atom is 0.257 e. The minimum atomic E-state index is -0.201. The van der Waals surface area contributed by atoms with Gasteiger partial charge in [-0.3, -0.25) is 4.79 Å². The molecule has 3 rings (SSSR count). The molecule has 0 bridgehead atoms. The minimum absolute atomic E-state index is 0.201. The molecule has 0 aromatic heterocycles. The first kappa shape index (κ1) is 13.5. The van der Waals surface area contributed by atoms with E-state index in [4.69, 9.17) is 11.6 Å². The Bertz CT molecular complexity index is 688. The maximum atomic E-state index is 12.2. The molecule has 0 saturated heterocycles. The second-order valence-electron chi connectivity index (χ2n) is 4.63. The number of nitrogens with one attached hydrogen (secondary N) is 2. The van der Waals surface area contributed by atoms with Gasteiger partial charge < -0.3 is 10.6 Å². The normalized spacial score (nSPS) is 12.7. The van der Waals surface area contributed by atoms with E-state index in [2.05, 4.69) is 26.6 Å². The number of rotatable bonds is 2. The van der Waals surface area contributed by atoms with Crippen molar-refractivity contribution in [2.24, 2.45) is 0 Å². The number of carbonyl (C=O) groups excluding carboxylic acids is 1. The number of benzene rings is 2. The number of hydrogen-bond donors (Lipinski definition) is 2. The molecule has 0 unspecified atom stereocenters. The van der Waals surface area contributed by atoms with Gasteiger partial charge in [-0.15, -0.1) is 0 Å². The van der Waals surface area contributed by atoms with Crippen LogP contribution in [0.2, 0.25) is 5.02 Å². The summed E-state index contributed by atoms with van der Waals surface area (Å²) in [6, 6.07) is 11.1. The lowest BCUT2D eigenvalue weighted by Gasteiger charge is -2.08. The first-order chi connectivity index (χ1) is 9.63. The van der Waals surface area contributed by atoms with Crippen LogP contribution in [0.25, 0.3) is 0 Å². The lowest BCUT2D eigenvalue weighted by Crippen LogP contribution is -2.12. The van der Waals surface area contributed by atoms with Crippen LogP contribution in [0.1, 0.15) is 15.9 Å². The molecule has 1 amide bonds. The van der Waals surface area contributed by atoms with E-state index in [-0.39, 0.29) is 5.91 Å². The van der Waals surface area contributed by atoms with E-state index in [1.54, 1.807) is 18.2 Å². The van der Waals surface area contributed by atoms with Gasteiger partial charge in [0.1, 0.15) is 0 Å². The zero-order valence-electron chi connectivity index (χ0n) is 10.5. The molecule has 2 aromatic carbocycles. The summed E-state index contributed by atoms with van der Waals surface area (Å²) in [5, 5.41) is 6.60. The van der Waals surface area contributed by atoms with Gasteiger partial charge in [0.05, 0.1) is 10.6 Å². The van der Waals surface area contributed by atoms with E-state index in [1.807, 2.05) is 18.2 Å². The van der Waals surface area contributed by atoms with Gasteiger partial charge >= 0.3 is 0 Å². The summed E-state index contributed by atoms with van der Waals surface area (Å²) in [6.07, 6.45) is 0.984. The molecule has 1 heterocycles. The Hall–Kier alpha value is -1.52. The molecule has 102 valence electrons. The summed E-state index contributed by atoms with van der Waals surface area (Å²) in [6.45, 7) is 0.950. The zero-order valence-corrected chi connectivity index (χ0v) is 12.9. The summed E-state index contributed by atoms with van der Waals surface area (Å²) < 4.78 is 0.850. The van der Waals surface area contributed by atoms with E-state index in [0.29, 0.717) is 10.6 Å². The van der Waals surface area contributed by atoms with E-state index in [1.165, 1.54) is 5.56 Å². The monoisotopic (exact) mass is 350 g/mol. The predicted molar refractivity (Wildman–Crippen MR) is 85.7 cm³/mol. The molecule has 0 radical (unpaired) electrons. The Morgan fingerprint density at radius 3 is 2.90 bits per heavy atom. The highest BCUT2D eigenvalue weighted by Gasteiger charge is 2.13. The summed E-state index contributed by atoms with van der Waals surface area (Å²) in [7, 11) is 0. The molecule has 2 N–H and O–H groups in total. The van der Waals surface area contributed by atoms with Gasteiger partial charge in [-0.05, 0) is 48.4 Å². The van der Waals surface area contributed by atoms with Crippen molar-refractivity contribution in [3.05, 3.63) is 57.0 Å². The first-order valence-corrected chi connectivity index (χ1v) is 7.44. The number of halogens is 2. The van der Waals surface area contributed by atoms with E-state index < -0.39 is 0 Å². The summed E-state index contributed by atoms with van der Waals surface area (Å²) >= 11 is 9.41. The fraction of sp³-hybridized carbons (Fsp3) is 0.133. The molecular formula is C15H12BrClN2O. The van der Waals surface area contributed by atoms with Crippen LogP contribution < -0.4 is 10.6 Å². The molecule has 1 aliphatic rings. The van der Waals surface area contributed by atoms with E-state index in [0.717, 1.165) is 28.8 Å². The lowest BCUT2D eigenvalue weighted by atomic mass is 10.1. The maximum absolute atomic E-state index is 12.2. The largest absolute Gasteiger partial charge is 0.384 e. The third-order valence-electron chi connectivity index (χ3n) is 3.25. The molecule has 0 aliphatic carbocycles. The van der Waals surface area contributed by atoms with Gasteiger partial charge in [0.2, 0.25) is 0 Å². The van der Waals surface area contributed by atoms with Crippen LogP contribution in [0.5, 0.6) is 0 Å². The second-order valence-corrected chi connectivity index (χ2v) is 5.95. The van der Waals surface area contributed by atoms with Gasteiger partial charge in [0.25, 0.3) is 5.91 Å². The average molecular weight is 352 g/mol. The van der Waals surface area contributed by atoms with Crippen LogP contribution >= 0.6 is 27.5 Å². The van der Waals surface area contributed by atoms with Gasteiger partial charge in [-0.25, -0.2) is 0 Å². The Kier molecular flexibility index (Phi) is 3.68. The molecule has 0 atom stereocenters. The average Bonchev–Trinajstić information content (AvgIpc) is 2.85. The molecule has 0 fully saturated rings. The van der Waals surface area contributed by atoms with E-state index >= 15 is 0 Å². The van der Waals surface area contributed by atoms with Crippen molar-refractivity contribution in [1.82, 2.24) is 0 Å². The summed E-state index contributed by atoms with van der Waals surface area (Å²) in [5.74, 6) is -0.201. The van der Waals surface area contributed by atoms with Crippen LogP contribution in [0.3, 0.4) is 0 Å². The van der Waals surface area contributed by atoms with Crippen LogP contribution in [-0.2, 0) is 6.42 Å². The molecule has 0 spiro atoms. The summed E-state index contributed by atoms with van der Waals surface area (Å²) in [5.41, 5.74) is 3.62. The molecule has 20 heavy (non-hydrogen) atoms. The third-order valence-corrected chi connectivity index (χ3v) is 4.05. The second kappa shape index (κ2) is 5.46. The Labute approximate surface area is 130 Å². The number of amides is 1.